The number of hydrogen-bond acceptors (Lipinski definition) is 6. The van der Waals surface area contributed by atoms with Crippen molar-refractivity contribution < 1.29 is 4.79 Å². The Bertz CT molecular complexity index is 933. The minimum Gasteiger partial charge on any atom is -0.337 e. The van der Waals surface area contributed by atoms with Crippen LogP contribution in [-0.4, -0.2) is 26.8 Å². The third kappa shape index (κ3) is 4.42. The van der Waals surface area contributed by atoms with Crippen molar-refractivity contribution in [3.05, 3.63) is 34.5 Å². The van der Waals surface area contributed by atoms with E-state index in [4.69, 9.17) is 0 Å². The van der Waals surface area contributed by atoms with Crippen molar-refractivity contribution in [2.24, 2.45) is 0 Å². The molecule has 2 aromatic heterocycles. The van der Waals surface area contributed by atoms with Crippen LogP contribution < -0.4 is 10.9 Å². The van der Waals surface area contributed by atoms with Gasteiger partial charge in [-0.2, -0.15) is 5.26 Å². The normalized spacial score (nSPS) is 16.4. The first-order valence-electron chi connectivity index (χ1n) is 9.02. The smallest absolute Gasteiger partial charge is 0.272 e. The summed E-state index contributed by atoms with van der Waals surface area (Å²) in [6, 6.07) is 4.13. The molecule has 1 N–H and O–H groups in total. The highest BCUT2D eigenvalue weighted by atomic mass is 32.2. The van der Waals surface area contributed by atoms with Gasteiger partial charge < -0.3 is 5.32 Å². The van der Waals surface area contributed by atoms with Gasteiger partial charge >= 0.3 is 0 Å². The Hall–Kier alpha value is -2.11. The van der Waals surface area contributed by atoms with Gasteiger partial charge in [0.15, 0.2) is 5.16 Å². The van der Waals surface area contributed by atoms with Crippen molar-refractivity contribution in [1.82, 2.24) is 14.9 Å². The number of nitrogens with one attached hydrogen (secondary N) is 1. The molecule has 6 nitrogen and oxygen atoms in total. The third-order valence-electron chi connectivity index (χ3n) is 4.72. The molecule has 1 saturated carbocycles. The average Bonchev–Trinajstić information content (AvgIpc) is 3.02. The van der Waals surface area contributed by atoms with Crippen LogP contribution >= 0.6 is 23.1 Å². The SMILES string of the molecule is C=CCn1c(SCC(=O)NC2(C#N)CCCCCC2)nc2ccsc2c1=O. The Morgan fingerprint density at radius 3 is 2.85 bits per heavy atom. The van der Waals surface area contributed by atoms with Crippen LogP contribution in [-0.2, 0) is 11.3 Å². The number of thioether (sulfide) groups is 1. The number of thiophene rings is 1. The molecule has 142 valence electrons. The van der Waals surface area contributed by atoms with Gasteiger partial charge in [0.1, 0.15) is 10.2 Å². The largest absolute Gasteiger partial charge is 0.337 e. The van der Waals surface area contributed by atoms with Gasteiger partial charge in [0.05, 0.1) is 17.3 Å². The van der Waals surface area contributed by atoms with E-state index in [0.29, 0.717) is 34.8 Å². The number of nitriles is 1. The Morgan fingerprint density at radius 2 is 2.19 bits per heavy atom. The molecule has 0 saturated heterocycles. The van der Waals surface area contributed by atoms with E-state index in [1.54, 1.807) is 12.1 Å². The summed E-state index contributed by atoms with van der Waals surface area (Å²) in [5, 5.41) is 14.9. The van der Waals surface area contributed by atoms with Crippen LogP contribution in [0.25, 0.3) is 10.2 Å². The Morgan fingerprint density at radius 1 is 1.44 bits per heavy atom. The fourth-order valence-corrected chi connectivity index (χ4v) is 4.94. The monoisotopic (exact) mass is 402 g/mol. The summed E-state index contributed by atoms with van der Waals surface area (Å²) in [6.45, 7) is 4.04. The second-order valence-corrected chi connectivity index (χ2v) is 8.54. The summed E-state index contributed by atoms with van der Waals surface area (Å²) in [6.07, 6.45) is 7.15. The lowest BCUT2D eigenvalue weighted by atomic mass is 9.92. The van der Waals surface area contributed by atoms with E-state index in [0.717, 1.165) is 25.7 Å². The lowest BCUT2D eigenvalue weighted by Gasteiger charge is -2.26. The van der Waals surface area contributed by atoms with Crippen LogP contribution in [0.15, 0.2) is 34.1 Å². The van der Waals surface area contributed by atoms with Crippen molar-refractivity contribution in [3.63, 3.8) is 0 Å². The molecule has 0 radical (unpaired) electrons. The van der Waals surface area contributed by atoms with Gasteiger partial charge in [-0.3, -0.25) is 14.2 Å². The van der Waals surface area contributed by atoms with Gasteiger partial charge in [0, 0.05) is 6.54 Å². The van der Waals surface area contributed by atoms with Crippen LogP contribution in [0, 0.1) is 11.3 Å². The topological polar surface area (TPSA) is 87.8 Å². The Balaban J connectivity index is 1.75. The lowest BCUT2D eigenvalue weighted by Crippen LogP contribution is -2.47. The Labute approximate surface area is 166 Å². The van der Waals surface area contributed by atoms with E-state index >= 15 is 0 Å². The standard InChI is InChI=1S/C19H22N4O2S2/c1-2-10-23-17(25)16-14(7-11-26-16)21-18(23)27-12-15(24)22-19(13-20)8-5-3-4-6-9-19/h2,7,11H,1,3-6,8-10,12H2,(H,22,24). The minimum atomic E-state index is -0.764. The second-order valence-electron chi connectivity index (χ2n) is 6.68. The zero-order valence-electron chi connectivity index (χ0n) is 15.1. The number of carbonyl (C=O) groups is 1. The molecule has 8 heteroatoms. The molecule has 1 amide bonds. The number of hydrogen-bond donors (Lipinski definition) is 1. The molecule has 0 aromatic carbocycles. The average molecular weight is 403 g/mol. The van der Waals surface area contributed by atoms with E-state index in [2.05, 4.69) is 22.9 Å². The molecule has 1 fully saturated rings. The molecule has 1 aliphatic rings. The highest BCUT2D eigenvalue weighted by Gasteiger charge is 2.32. The first kappa shape index (κ1) is 19.6. The molecule has 0 spiro atoms. The van der Waals surface area contributed by atoms with Crippen LogP contribution in [0.5, 0.6) is 0 Å². The summed E-state index contributed by atoms with van der Waals surface area (Å²) in [7, 11) is 0. The van der Waals surface area contributed by atoms with Crippen LogP contribution in [0.4, 0.5) is 0 Å². The van der Waals surface area contributed by atoms with Gasteiger partial charge in [-0.25, -0.2) is 4.98 Å². The first-order valence-corrected chi connectivity index (χ1v) is 10.9. The van der Waals surface area contributed by atoms with Crippen molar-refractivity contribution in [1.29, 1.82) is 5.26 Å². The molecular weight excluding hydrogens is 380 g/mol. The van der Waals surface area contributed by atoms with Crippen molar-refractivity contribution in [2.75, 3.05) is 5.75 Å². The number of amides is 1. The van der Waals surface area contributed by atoms with Gasteiger partial charge in [-0.1, -0.05) is 43.5 Å². The molecule has 2 heterocycles. The molecular formula is C19H22N4O2S2. The fourth-order valence-electron chi connectivity index (χ4n) is 3.35. The summed E-state index contributed by atoms with van der Waals surface area (Å²) >= 11 is 2.58. The summed E-state index contributed by atoms with van der Waals surface area (Å²) in [5.41, 5.74) is -0.236. The number of aromatic nitrogens is 2. The van der Waals surface area contributed by atoms with Crippen LogP contribution in [0.3, 0.4) is 0 Å². The van der Waals surface area contributed by atoms with E-state index in [1.165, 1.54) is 27.7 Å². The maximum atomic E-state index is 12.6. The first-order chi connectivity index (χ1) is 13.1. The number of rotatable bonds is 6. The number of nitrogens with zero attached hydrogens (tertiary/aromatic N) is 3. The summed E-state index contributed by atoms with van der Waals surface area (Å²) in [5.74, 6) is -0.0869. The second kappa shape index (κ2) is 8.72. The molecule has 27 heavy (non-hydrogen) atoms. The molecule has 3 rings (SSSR count). The van der Waals surface area contributed by atoms with E-state index in [1.807, 2.05) is 5.38 Å². The van der Waals surface area contributed by atoms with E-state index < -0.39 is 5.54 Å². The molecule has 0 aliphatic heterocycles. The van der Waals surface area contributed by atoms with Crippen molar-refractivity contribution >= 4 is 39.2 Å². The van der Waals surface area contributed by atoms with Gasteiger partial charge in [0.2, 0.25) is 5.91 Å². The molecule has 0 unspecified atom stereocenters. The molecule has 2 aromatic rings. The maximum Gasteiger partial charge on any atom is 0.272 e. The van der Waals surface area contributed by atoms with E-state index in [-0.39, 0.29) is 17.2 Å². The predicted molar refractivity (Wildman–Crippen MR) is 109 cm³/mol. The third-order valence-corrected chi connectivity index (χ3v) is 6.59. The number of carbonyl (C=O) groups excluding carboxylic acids is 1. The summed E-state index contributed by atoms with van der Waals surface area (Å²) in [4.78, 5) is 29.7. The maximum absolute atomic E-state index is 12.6. The zero-order chi connectivity index (χ0) is 19.3. The fraction of sp³-hybridized carbons (Fsp3) is 0.474. The molecule has 1 aliphatic carbocycles. The predicted octanol–water partition coefficient (Wildman–Crippen LogP) is 3.47. The van der Waals surface area contributed by atoms with Gasteiger partial charge in [0.25, 0.3) is 5.56 Å². The van der Waals surface area contributed by atoms with Crippen molar-refractivity contribution in [2.45, 2.75) is 55.8 Å². The Kier molecular flexibility index (Phi) is 6.34. The van der Waals surface area contributed by atoms with Gasteiger partial charge in [-0.15, -0.1) is 17.9 Å². The molecule has 0 atom stereocenters. The minimum absolute atomic E-state index is 0.114. The highest BCUT2D eigenvalue weighted by Crippen LogP contribution is 2.27. The summed E-state index contributed by atoms with van der Waals surface area (Å²) < 4.78 is 2.14. The highest BCUT2D eigenvalue weighted by molar-refractivity contribution is 7.99. The number of allylic oxidation sites excluding steroid dienone is 1. The quantitative estimate of drug-likeness (QED) is 0.346. The van der Waals surface area contributed by atoms with Crippen LogP contribution in [0.1, 0.15) is 38.5 Å². The van der Waals surface area contributed by atoms with E-state index in [9.17, 15) is 14.9 Å². The zero-order valence-corrected chi connectivity index (χ0v) is 16.7. The van der Waals surface area contributed by atoms with Gasteiger partial charge in [-0.05, 0) is 24.3 Å². The number of fused-ring (bicyclic) bond motifs is 1. The lowest BCUT2D eigenvalue weighted by molar-refractivity contribution is -0.120. The van der Waals surface area contributed by atoms with Crippen LogP contribution in [0.2, 0.25) is 0 Å². The van der Waals surface area contributed by atoms with Crippen molar-refractivity contribution in [3.8, 4) is 6.07 Å². The molecule has 0 bridgehead atoms.